The topological polar surface area (TPSA) is 29.5 Å². The van der Waals surface area contributed by atoms with Gasteiger partial charge < -0.3 is 9.84 Å². The zero-order chi connectivity index (χ0) is 10.6. The van der Waals surface area contributed by atoms with Crippen molar-refractivity contribution in [2.45, 2.75) is 52.1 Å². The van der Waals surface area contributed by atoms with E-state index in [1.165, 1.54) is 12.8 Å². The highest BCUT2D eigenvalue weighted by Gasteiger charge is 2.35. The third-order valence-electron chi connectivity index (χ3n) is 3.67. The number of aliphatic hydroxyl groups is 1. The second kappa shape index (κ2) is 5.13. The summed E-state index contributed by atoms with van der Waals surface area (Å²) in [7, 11) is 0. The molecular formula is C12H24O2. The Morgan fingerprint density at radius 3 is 2.50 bits per heavy atom. The van der Waals surface area contributed by atoms with E-state index < -0.39 is 5.60 Å². The van der Waals surface area contributed by atoms with E-state index in [4.69, 9.17) is 4.74 Å². The zero-order valence-corrected chi connectivity index (χ0v) is 9.75. The second-order valence-electron chi connectivity index (χ2n) is 4.80. The molecule has 0 aliphatic carbocycles. The molecule has 1 N–H and O–H groups in total. The Kier molecular flexibility index (Phi) is 4.39. The van der Waals surface area contributed by atoms with E-state index in [0.29, 0.717) is 11.8 Å². The Hall–Kier alpha value is -0.0800. The molecule has 1 fully saturated rings. The van der Waals surface area contributed by atoms with Gasteiger partial charge in [0.1, 0.15) is 0 Å². The van der Waals surface area contributed by atoms with E-state index in [2.05, 4.69) is 13.8 Å². The fraction of sp³-hybridized carbons (Fsp3) is 1.00. The first-order valence-corrected chi connectivity index (χ1v) is 5.90. The molecule has 1 saturated heterocycles. The van der Waals surface area contributed by atoms with Crippen LogP contribution < -0.4 is 0 Å². The molecule has 0 saturated carbocycles. The van der Waals surface area contributed by atoms with Crippen molar-refractivity contribution in [3.05, 3.63) is 0 Å². The molecule has 2 atom stereocenters. The summed E-state index contributed by atoms with van der Waals surface area (Å²) in [6.45, 7) is 7.95. The molecule has 84 valence electrons. The van der Waals surface area contributed by atoms with Gasteiger partial charge in [-0.2, -0.15) is 0 Å². The van der Waals surface area contributed by atoms with Crippen LogP contribution in [0.4, 0.5) is 0 Å². The van der Waals surface area contributed by atoms with Crippen molar-refractivity contribution in [1.82, 2.24) is 0 Å². The SMILES string of the molecule is CCC(CC)CC(C)(O)C1CCOC1. The van der Waals surface area contributed by atoms with Crippen LogP contribution in [0.2, 0.25) is 0 Å². The predicted octanol–water partition coefficient (Wildman–Crippen LogP) is 2.60. The molecule has 0 aromatic rings. The second-order valence-corrected chi connectivity index (χ2v) is 4.80. The van der Waals surface area contributed by atoms with Crippen LogP contribution >= 0.6 is 0 Å². The van der Waals surface area contributed by atoms with Gasteiger partial charge in [0, 0.05) is 12.5 Å². The molecule has 2 unspecified atom stereocenters. The predicted molar refractivity (Wildman–Crippen MR) is 58.2 cm³/mol. The molecule has 0 amide bonds. The Morgan fingerprint density at radius 1 is 1.43 bits per heavy atom. The van der Waals surface area contributed by atoms with Crippen LogP contribution in [0.3, 0.4) is 0 Å². The first-order valence-electron chi connectivity index (χ1n) is 5.90. The molecule has 14 heavy (non-hydrogen) atoms. The van der Waals surface area contributed by atoms with Gasteiger partial charge in [0.25, 0.3) is 0 Å². The standard InChI is InChI=1S/C12H24O2/c1-4-10(5-2)8-12(3,13)11-6-7-14-9-11/h10-11,13H,4-9H2,1-3H3. The van der Waals surface area contributed by atoms with Crippen molar-refractivity contribution >= 4 is 0 Å². The van der Waals surface area contributed by atoms with Crippen LogP contribution in [0.25, 0.3) is 0 Å². The normalized spacial score (nSPS) is 26.8. The first kappa shape index (κ1) is 12.0. The molecule has 0 aromatic carbocycles. The van der Waals surface area contributed by atoms with Crippen molar-refractivity contribution in [2.75, 3.05) is 13.2 Å². The number of hydrogen-bond donors (Lipinski definition) is 1. The Bertz CT molecular complexity index is 156. The van der Waals surface area contributed by atoms with Gasteiger partial charge in [-0.25, -0.2) is 0 Å². The lowest BCUT2D eigenvalue weighted by Gasteiger charge is -2.32. The van der Waals surface area contributed by atoms with Crippen LogP contribution in [-0.4, -0.2) is 23.9 Å². The minimum Gasteiger partial charge on any atom is -0.390 e. The third kappa shape index (κ3) is 2.96. The van der Waals surface area contributed by atoms with Gasteiger partial charge in [0.2, 0.25) is 0 Å². The number of ether oxygens (including phenoxy) is 1. The minimum atomic E-state index is -0.521. The van der Waals surface area contributed by atoms with Crippen LogP contribution in [0.5, 0.6) is 0 Å². The fourth-order valence-electron chi connectivity index (χ4n) is 2.35. The van der Waals surface area contributed by atoms with Gasteiger partial charge >= 0.3 is 0 Å². The monoisotopic (exact) mass is 200 g/mol. The average molecular weight is 200 g/mol. The molecule has 2 nitrogen and oxygen atoms in total. The van der Waals surface area contributed by atoms with E-state index in [9.17, 15) is 5.11 Å². The summed E-state index contributed by atoms with van der Waals surface area (Å²) in [4.78, 5) is 0. The third-order valence-corrected chi connectivity index (χ3v) is 3.67. The van der Waals surface area contributed by atoms with Crippen molar-refractivity contribution in [3.8, 4) is 0 Å². The molecular weight excluding hydrogens is 176 g/mol. The summed E-state index contributed by atoms with van der Waals surface area (Å²) in [6.07, 6.45) is 4.28. The quantitative estimate of drug-likeness (QED) is 0.739. The van der Waals surface area contributed by atoms with Crippen molar-refractivity contribution in [2.24, 2.45) is 11.8 Å². The summed E-state index contributed by atoms with van der Waals surface area (Å²) in [5, 5.41) is 10.4. The molecule has 1 aliphatic rings. The smallest absolute Gasteiger partial charge is 0.0673 e. The van der Waals surface area contributed by atoms with E-state index in [0.717, 1.165) is 26.1 Å². The van der Waals surface area contributed by atoms with Crippen LogP contribution in [0.1, 0.15) is 46.5 Å². The Balaban J connectivity index is 2.46. The molecule has 0 bridgehead atoms. The highest BCUT2D eigenvalue weighted by atomic mass is 16.5. The van der Waals surface area contributed by atoms with Crippen molar-refractivity contribution < 1.29 is 9.84 Å². The molecule has 1 heterocycles. The van der Waals surface area contributed by atoms with Crippen LogP contribution in [0.15, 0.2) is 0 Å². The largest absolute Gasteiger partial charge is 0.390 e. The van der Waals surface area contributed by atoms with E-state index in [1.54, 1.807) is 0 Å². The van der Waals surface area contributed by atoms with Gasteiger partial charge in [-0.15, -0.1) is 0 Å². The lowest BCUT2D eigenvalue weighted by Crippen LogP contribution is -2.37. The Morgan fingerprint density at radius 2 is 2.07 bits per heavy atom. The van der Waals surface area contributed by atoms with Gasteiger partial charge in [0.05, 0.1) is 12.2 Å². The van der Waals surface area contributed by atoms with Gasteiger partial charge in [-0.05, 0) is 25.7 Å². The highest BCUT2D eigenvalue weighted by molar-refractivity contribution is 4.86. The number of rotatable bonds is 5. The Labute approximate surface area is 87.7 Å². The van der Waals surface area contributed by atoms with Crippen LogP contribution in [-0.2, 0) is 4.74 Å². The lowest BCUT2D eigenvalue weighted by atomic mass is 9.79. The first-order chi connectivity index (χ1) is 6.60. The maximum absolute atomic E-state index is 10.4. The number of hydrogen-bond acceptors (Lipinski definition) is 2. The van der Waals surface area contributed by atoms with E-state index in [-0.39, 0.29) is 0 Å². The van der Waals surface area contributed by atoms with Crippen molar-refractivity contribution in [3.63, 3.8) is 0 Å². The maximum Gasteiger partial charge on any atom is 0.0673 e. The summed E-state index contributed by atoms with van der Waals surface area (Å²) in [6, 6.07) is 0. The van der Waals surface area contributed by atoms with E-state index in [1.807, 2.05) is 6.92 Å². The molecule has 0 spiro atoms. The van der Waals surface area contributed by atoms with Gasteiger partial charge in [-0.1, -0.05) is 26.7 Å². The molecule has 2 heteroatoms. The van der Waals surface area contributed by atoms with E-state index >= 15 is 0 Å². The molecule has 0 aromatic heterocycles. The van der Waals surface area contributed by atoms with Crippen LogP contribution in [0, 0.1) is 11.8 Å². The summed E-state index contributed by atoms with van der Waals surface area (Å²) >= 11 is 0. The summed E-state index contributed by atoms with van der Waals surface area (Å²) in [5.74, 6) is 1.01. The fourth-order valence-corrected chi connectivity index (χ4v) is 2.35. The molecule has 1 rings (SSSR count). The maximum atomic E-state index is 10.4. The molecule has 1 aliphatic heterocycles. The van der Waals surface area contributed by atoms with Gasteiger partial charge in [-0.3, -0.25) is 0 Å². The summed E-state index contributed by atoms with van der Waals surface area (Å²) in [5.41, 5.74) is -0.521. The molecule has 0 radical (unpaired) electrons. The van der Waals surface area contributed by atoms with Crippen molar-refractivity contribution in [1.29, 1.82) is 0 Å². The summed E-state index contributed by atoms with van der Waals surface area (Å²) < 4.78 is 5.33. The highest BCUT2D eigenvalue weighted by Crippen LogP contribution is 2.32. The van der Waals surface area contributed by atoms with Gasteiger partial charge in [0.15, 0.2) is 0 Å². The zero-order valence-electron chi connectivity index (χ0n) is 9.75. The minimum absolute atomic E-state index is 0.350. The lowest BCUT2D eigenvalue weighted by molar-refractivity contribution is -0.0260. The average Bonchev–Trinajstić information content (AvgIpc) is 2.67.